The maximum atomic E-state index is 6.02. The molecule has 0 saturated heterocycles. The molecule has 0 aromatic heterocycles. The van der Waals surface area contributed by atoms with Gasteiger partial charge in [-0.1, -0.05) is 33.0 Å². The molecule has 3 aliphatic rings. The van der Waals surface area contributed by atoms with Gasteiger partial charge >= 0.3 is 0 Å². The van der Waals surface area contributed by atoms with E-state index in [1.54, 1.807) is 0 Å². The monoisotopic (exact) mass is 148 g/mol. The Morgan fingerprint density at radius 2 is 1.91 bits per heavy atom. The van der Waals surface area contributed by atoms with E-state index in [1.807, 2.05) is 0 Å². The van der Waals surface area contributed by atoms with Crippen LogP contribution in [0.15, 0.2) is 0 Å². The molecule has 0 aromatic carbocycles. The van der Waals surface area contributed by atoms with Crippen molar-refractivity contribution in [2.24, 2.45) is 23.2 Å². The van der Waals surface area contributed by atoms with Crippen molar-refractivity contribution in [3.05, 3.63) is 0 Å². The molecule has 0 spiro atoms. The lowest BCUT2D eigenvalue weighted by Gasteiger charge is -2.62. The Morgan fingerprint density at radius 1 is 1.27 bits per heavy atom. The van der Waals surface area contributed by atoms with Crippen molar-refractivity contribution in [1.82, 2.24) is 0 Å². The lowest BCUT2D eigenvalue weighted by molar-refractivity contribution is -0.0979. The van der Waals surface area contributed by atoms with Crippen molar-refractivity contribution in [2.75, 3.05) is 0 Å². The van der Waals surface area contributed by atoms with Gasteiger partial charge in [-0.15, -0.1) is 0 Å². The smallest absolute Gasteiger partial charge is 0.0703 e. The molecule has 3 saturated carbocycles. The SMILES string of the molecule is [B][C@@H]1C[C@@H]2C[C@H]([C@H]1C)C2(C)C. The third kappa shape index (κ3) is 0.831. The van der Waals surface area contributed by atoms with Gasteiger partial charge in [0.15, 0.2) is 0 Å². The first-order valence-corrected chi connectivity index (χ1v) is 4.79. The molecule has 3 rings (SSSR count). The zero-order valence-corrected chi connectivity index (χ0v) is 7.80. The van der Waals surface area contributed by atoms with Crippen molar-refractivity contribution >= 4 is 7.85 Å². The van der Waals surface area contributed by atoms with E-state index in [4.69, 9.17) is 7.85 Å². The van der Waals surface area contributed by atoms with E-state index in [0.29, 0.717) is 11.2 Å². The second kappa shape index (κ2) is 2.05. The minimum Gasteiger partial charge on any atom is -0.0743 e. The lowest BCUT2D eigenvalue weighted by atomic mass is 9.41. The van der Waals surface area contributed by atoms with Crippen LogP contribution in [0, 0.1) is 23.2 Å². The zero-order chi connectivity index (χ0) is 8.22. The van der Waals surface area contributed by atoms with Crippen LogP contribution in [0.25, 0.3) is 0 Å². The van der Waals surface area contributed by atoms with Gasteiger partial charge in [-0.25, -0.2) is 0 Å². The highest BCUT2D eigenvalue weighted by Crippen LogP contribution is 2.63. The summed E-state index contributed by atoms with van der Waals surface area (Å²) in [6.07, 6.45) is 2.71. The van der Waals surface area contributed by atoms with Crippen LogP contribution in [0.3, 0.4) is 0 Å². The molecule has 3 fully saturated rings. The first-order chi connectivity index (χ1) is 5.03. The third-order valence-corrected chi connectivity index (χ3v) is 4.41. The maximum absolute atomic E-state index is 6.02. The molecule has 60 valence electrons. The highest BCUT2D eigenvalue weighted by Gasteiger charge is 2.54. The molecule has 11 heavy (non-hydrogen) atoms. The van der Waals surface area contributed by atoms with Crippen LogP contribution in [-0.2, 0) is 0 Å². The predicted octanol–water partition coefficient (Wildman–Crippen LogP) is 2.65. The second-order valence-electron chi connectivity index (χ2n) is 5.12. The molecule has 0 nitrogen and oxygen atoms in total. The summed E-state index contributed by atoms with van der Waals surface area (Å²) in [5.41, 5.74) is 0.606. The van der Waals surface area contributed by atoms with E-state index in [1.165, 1.54) is 12.8 Å². The van der Waals surface area contributed by atoms with Crippen molar-refractivity contribution in [1.29, 1.82) is 0 Å². The minimum absolute atomic E-state index is 0.492. The lowest BCUT2D eigenvalue weighted by Crippen LogP contribution is -2.53. The molecule has 2 bridgehead atoms. The second-order valence-corrected chi connectivity index (χ2v) is 5.12. The van der Waals surface area contributed by atoms with Gasteiger partial charge in [0, 0.05) is 0 Å². The summed E-state index contributed by atoms with van der Waals surface area (Å²) >= 11 is 0. The maximum Gasteiger partial charge on any atom is 0.0703 e. The molecule has 0 unspecified atom stereocenters. The van der Waals surface area contributed by atoms with E-state index in [-0.39, 0.29) is 0 Å². The largest absolute Gasteiger partial charge is 0.0743 e. The Bertz CT molecular complexity index is 174. The fraction of sp³-hybridized carbons (Fsp3) is 1.00. The van der Waals surface area contributed by atoms with Crippen molar-refractivity contribution in [3.63, 3.8) is 0 Å². The van der Waals surface area contributed by atoms with Gasteiger partial charge in [0.25, 0.3) is 0 Å². The van der Waals surface area contributed by atoms with Gasteiger partial charge in [0.1, 0.15) is 0 Å². The predicted molar refractivity (Wildman–Crippen MR) is 48.7 cm³/mol. The molecule has 0 aliphatic heterocycles. The van der Waals surface area contributed by atoms with Crippen molar-refractivity contribution in [3.8, 4) is 0 Å². The Balaban J connectivity index is 2.17. The first kappa shape index (κ1) is 7.70. The Hall–Kier alpha value is 0.0649. The van der Waals surface area contributed by atoms with Crippen molar-refractivity contribution < 1.29 is 0 Å². The van der Waals surface area contributed by atoms with Gasteiger partial charge in [-0.2, -0.15) is 0 Å². The number of hydrogen-bond acceptors (Lipinski definition) is 0. The topological polar surface area (TPSA) is 0 Å². The van der Waals surface area contributed by atoms with Crippen LogP contribution in [0.1, 0.15) is 33.6 Å². The molecule has 1 heteroatoms. The normalized spacial score (nSPS) is 53.4. The summed E-state index contributed by atoms with van der Waals surface area (Å²) in [4.78, 5) is 0. The minimum atomic E-state index is 0.492. The van der Waals surface area contributed by atoms with Crippen LogP contribution >= 0.6 is 0 Å². The van der Waals surface area contributed by atoms with Crippen LogP contribution in [-0.4, -0.2) is 7.85 Å². The molecule has 0 aromatic rings. The average molecular weight is 148 g/mol. The number of hydrogen-bond donors (Lipinski definition) is 0. The van der Waals surface area contributed by atoms with E-state index in [2.05, 4.69) is 20.8 Å². The first-order valence-electron chi connectivity index (χ1n) is 4.79. The van der Waals surface area contributed by atoms with E-state index in [0.717, 1.165) is 17.8 Å². The molecular weight excluding hydrogens is 131 g/mol. The molecule has 0 heterocycles. The summed E-state index contributed by atoms with van der Waals surface area (Å²) in [7, 11) is 6.02. The van der Waals surface area contributed by atoms with Crippen LogP contribution in [0.5, 0.6) is 0 Å². The Morgan fingerprint density at radius 3 is 2.27 bits per heavy atom. The third-order valence-electron chi connectivity index (χ3n) is 4.41. The van der Waals surface area contributed by atoms with Crippen LogP contribution < -0.4 is 0 Å². The molecule has 0 amide bonds. The van der Waals surface area contributed by atoms with Gasteiger partial charge in [-0.05, 0) is 29.6 Å². The highest BCUT2D eigenvalue weighted by atomic mass is 14.6. The standard InChI is InChI=1S/C10H17B/c1-6-8-4-7(5-9(6)11)10(8,2)3/h6-9H,4-5H2,1-3H3/t6-,7+,8-,9-/m1/s1. The van der Waals surface area contributed by atoms with Gasteiger partial charge in [0.05, 0.1) is 7.85 Å². The van der Waals surface area contributed by atoms with Crippen molar-refractivity contribution in [2.45, 2.75) is 39.4 Å². The van der Waals surface area contributed by atoms with Crippen LogP contribution in [0.2, 0.25) is 5.82 Å². The Kier molecular flexibility index (Phi) is 1.44. The molecule has 2 radical (unpaired) electrons. The summed E-state index contributed by atoms with van der Waals surface area (Å²) < 4.78 is 0. The quantitative estimate of drug-likeness (QED) is 0.463. The van der Waals surface area contributed by atoms with Gasteiger partial charge in [0.2, 0.25) is 0 Å². The average Bonchev–Trinajstić information content (AvgIpc) is 1.93. The highest BCUT2D eigenvalue weighted by molar-refractivity contribution is 6.12. The molecule has 0 N–H and O–H groups in total. The van der Waals surface area contributed by atoms with E-state index >= 15 is 0 Å². The summed E-state index contributed by atoms with van der Waals surface area (Å²) in [5, 5.41) is 0. The summed E-state index contributed by atoms with van der Waals surface area (Å²) in [6.45, 7) is 7.15. The summed E-state index contributed by atoms with van der Waals surface area (Å²) in [6, 6.07) is 0. The fourth-order valence-electron chi connectivity index (χ4n) is 3.19. The fourth-order valence-corrected chi connectivity index (χ4v) is 3.19. The molecule has 3 aliphatic carbocycles. The molecule has 4 atom stereocenters. The zero-order valence-electron chi connectivity index (χ0n) is 7.80. The van der Waals surface area contributed by atoms with Gasteiger partial charge in [-0.3, -0.25) is 0 Å². The van der Waals surface area contributed by atoms with E-state index < -0.39 is 0 Å². The summed E-state index contributed by atoms with van der Waals surface area (Å²) in [5.74, 6) is 3.09. The molecular formula is C10H17B. The number of rotatable bonds is 0. The Labute approximate surface area is 71.2 Å². The van der Waals surface area contributed by atoms with Gasteiger partial charge < -0.3 is 0 Å². The number of fused-ring (bicyclic) bond motifs is 2. The van der Waals surface area contributed by atoms with E-state index in [9.17, 15) is 0 Å². The van der Waals surface area contributed by atoms with Crippen LogP contribution in [0.4, 0.5) is 0 Å².